The van der Waals surface area contributed by atoms with Gasteiger partial charge in [-0.3, -0.25) is 4.79 Å². The first-order valence-corrected chi connectivity index (χ1v) is 12.9. The average molecular weight is 478 g/mol. The normalized spacial score (nSPS) is 17.2. The lowest BCUT2D eigenvalue weighted by molar-refractivity contribution is -0.133. The van der Waals surface area contributed by atoms with E-state index in [1.165, 1.54) is 21.6 Å². The molecule has 1 aromatic rings. The second kappa shape index (κ2) is 15.2. The van der Waals surface area contributed by atoms with E-state index in [-0.39, 0.29) is 24.5 Å². The van der Waals surface area contributed by atoms with Crippen molar-refractivity contribution in [3.8, 4) is 0 Å². The molecule has 1 saturated heterocycles. The quantitative estimate of drug-likeness (QED) is 0.255. The highest BCUT2D eigenvalue weighted by Crippen LogP contribution is 2.24. The highest BCUT2D eigenvalue weighted by Gasteiger charge is 2.40. The van der Waals surface area contributed by atoms with Crippen LogP contribution in [0.25, 0.3) is 0 Å². The predicted octanol–water partition coefficient (Wildman–Crippen LogP) is 7.97. The smallest absolute Gasteiger partial charge is 0.416 e. The minimum absolute atomic E-state index is 0.144. The number of carbonyl (C=O) groups is 2. The van der Waals surface area contributed by atoms with Crippen LogP contribution in [0.1, 0.15) is 78.2 Å². The van der Waals surface area contributed by atoms with E-state index in [1.54, 1.807) is 6.08 Å². The van der Waals surface area contributed by atoms with Crippen LogP contribution in [0.15, 0.2) is 77.9 Å². The summed E-state index contributed by atoms with van der Waals surface area (Å²) >= 11 is 0. The van der Waals surface area contributed by atoms with Crippen LogP contribution in [0.2, 0.25) is 0 Å². The van der Waals surface area contributed by atoms with Crippen LogP contribution in [0.5, 0.6) is 0 Å². The van der Waals surface area contributed by atoms with Crippen molar-refractivity contribution in [2.45, 2.75) is 85.1 Å². The number of allylic oxidation sites excluding steroid dienone is 7. The predicted molar refractivity (Wildman–Crippen MR) is 145 cm³/mol. The van der Waals surface area contributed by atoms with Crippen LogP contribution < -0.4 is 0 Å². The van der Waals surface area contributed by atoms with Gasteiger partial charge in [0.1, 0.15) is 6.61 Å². The fourth-order valence-corrected chi connectivity index (χ4v) is 4.38. The van der Waals surface area contributed by atoms with E-state index in [2.05, 4.69) is 52.5 Å². The number of ether oxygens (including phenoxy) is 1. The summed E-state index contributed by atoms with van der Waals surface area (Å²) < 4.78 is 5.26. The fourth-order valence-electron chi connectivity index (χ4n) is 4.38. The fraction of sp³-hybridized carbons (Fsp3) is 0.484. The third-order valence-corrected chi connectivity index (χ3v) is 6.44. The molecule has 190 valence electrons. The van der Waals surface area contributed by atoms with Crippen LogP contribution in [-0.2, 0) is 16.0 Å². The van der Waals surface area contributed by atoms with Crippen molar-refractivity contribution in [1.29, 1.82) is 0 Å². The van der Waals surface area contributed by atoms with E-state index in [9.17, 15) is 9.59 Å². The van der Waals surface area contributed by atoms with Crippen molar-refractivity contribution < 1.29 is 14.3 Å². The Morgan fingerprint density at radius 2 is 1.66 bits per heavy atom. The summed E-state index contributed by atoms with van der Waals surface area (Å²) in [5.74, 6) is -0.410. The molecule has 0 radical (unpaired) electrons. The molecule has 0 bridgehead atoms. The van der Waals surface area contributed by atoms with Crippen LogP contribution >= 0.6 is 0 Å². The van der Waals surface area contributed by atoms with Gasteiger partial charge < -0.3 is 4.74 Å². The molecule has 35 heavy (non-hydrogen) atoms. The van der Waals surface area contributed by atoms with Crippen molar-refractivity contribution in [1.82, 2.24) is 4.90 Å². The molecule has 0 aliphatic carbocycles. The Kier molecular flexibility index (Phi) is 12.3. The van der Waals surface area contributed by atoms with E-state index in [4.69, 9.17) is 4.74 Å². The molecule has 2 atom stereocenters. The summed E-state index contributed by atoms with van der Waals surface area (Å²) in [6, 6.07) is 9.67. The van der Waals surface area contributed by atoms with E-state index < -0.39 is 6.09 Å². The number of carbonyl (C=O) groups excluding carboxylic acids is 2. The lowest BCUT2D eigenvalue weighted by Crippen LogP contribution is -2.43. The van der Waals surface area contributed by atoms with Gasteiger partial charge >= 0.3 is 6.09 Å². The molecule has 0 unspecified atom stereocenters. The first-order chi connectivity index (χ1) is 16.8. The molecule has 1 heterocycles. The maximum atomic E-state index is 13.3. The number of imide groups is 1. The number of hydrogen-bond acceptors (Lipinski definition) is 3. The summed E-state index contributed by atoms with van der Waals surface area (Å²) in [6.07, 6.45) is 15.1. The Morgan fingerprint density at radius 1 is 1.03 bits per heavy atom. The highest BCUT2D eigenvalue weighted by molar-refractivity contribution is 5.94. The monoisotopic (exact) mass is 477 g/mol. The van der Waals surface area contributed by atoms with Crippen LogP contribution in [0, 0.1) is 5.92 Å². The highest BCUT2D eigenvalue weighted by atomic mass is 16.6. The SMILES string of the molecule is C=CC[C@@H](CC/C=C(\C)CC/C=C(\C)CCC=C(C)C)C(=O)N1C(=O)OC[C@@H]1Cc1ccccc1. The molecule has 4 nitrogen and oxygen atoms in total. The summed E-state index contributed by atoms with van der Waals surface area (Å²) in [5.41, 5.74) is 5.24. The second-order valence-corrected chi connectivity index (χ2v) is 9.89. The molecule has 0 spiro atoms. The topological polar surface area (TPSA) is 46.6 Å². The van der Waals surface area contributed by atoms with Crippen molar-refractivity contribution in [2.24, 2.45) is 5.92 Å². The molecule has 0 N–H and O–H groups in total. The van der Waals surface area contributed by atoms with Crippen molar-refractivity contribution in [3.05, 3.63) is 83.5 Å². The van der Waals surface area contributed by atoms with Crippen LogP contribution in [-0.4, -0.2) is 29.5 Å². The van der Waals surface area contributed by atoms with Gasteiger partial charge in [0.2, 0.25) is 5.91 Å². The van der Waals surface area contributed by atoms with Crippen molar-refractivity contribution >= 4 is 12.0 Å². The van der Waals surface area contributed by atoms with Gasteiger partial charge in [0.05, 0.1) is 6.04 Å². The Balaban J connectivity index is 1.89. The molecule has 1 fully saturated rings. The molecule has 0 aromatic heterocycles. The molecule has 1 aliphatic rings. The van der Waals surface area contributed by atoms with E-state index in [0.29, 0.717) is 19.3 Å². The van der Waals surface area contributed by atoms with Crippen molar-refractivity contribution in [3.63, 3.8) is 0 Å². The molecular formula is C31H43NO3. The first kappa shape index (κ1) is 28.4. The Labute approximate surface area is 212 Å². The molecule has 1 aliphatic heterocycles. The summed E-state index contributed by atoms with van der Waals surface area (Å²) in [6.45, 7) is 12.7. The first-order valence-electron chi connectivity index (χ1n) is 12.9. The number of cyclic esters (lactones) is 1. The van der Waals surface area contributed by atoms with Gasteiger partial charge in [-0.1, -0.05) is 71.4 Å². The Morgan fingerprint density at radius 3 is 2.29 bits per heavy atom. The number of amides is 2. The Bertz CT molecular complexity index is 922. The molecule has 0 saturated carbocycles. The molecule has 2 amide bonds. The van der Waals surface area contributed by atoms with Crippen molar-refractivity contribution in [2.75, 3.05) is 6.61 Å². The standard InChI is InChI=1S/C31H43NO3/c1-6-13-28(21-12-18-26(5)17-11-16-25(4)15-10-14-24(2)3)30(33)32-29(23-35-31(32)34)22-27-19-8-7-9-20-27/h6-9,14,16,18-20,28-29H,1,10-13,15,17,21-23H2,2-5H3/b25-16+,26-18+/t28-,29-/m0/s1. The van der Waals surface area contributed by atoms with Gasteiger partial charge in [-0.2, -0.15) is 0 Å². The zero-order valence-corrected chi connectivity index (χ0v) is 22.1. The van der Waals surface area contributed by atoms with Gasteiger partial charge in [-0.05, 0) is 84.6 Å². The zero-order valence-electron chi connectivity index (χ0n) is 22.1. The molecule has 4 heteroatoms. The zero-order chi connectivity index (χ0) is 25.6. The van der Waals surface area contributed by atoms with Gasteiger partial charge in [-0.15, -0.1) is 6.58 Å². The number of benzene rings is 1. The lowest BCUT2D eigenvalue weighted by Gasteiger charge is -2.24. The van der Waals surface area contributed by atoms with Gasteiger partial charge in [-0.25, -0.2) is 9.69 Å². The molecular weight excluding hydrogens is 434 g/mol. The maximum Gasteiger partial charge on any atom is 0.416 e. The second-order valence-electron chi connectivity index (χ2n) is 9.89. The third-order valence-electron chi connectivity index (χ3n) is 6.44. The van der Waals surface area contributed by atoms with Gasteiger partial charge in [0, 0.05) is 5.92 Å². The van der Waals surface area contributed by atoms with Gasteiger partial charge in [0.25, 0.3) is 0 Å². The lowest BCUT2D eigenvalue weighted by atomic mass is 9.95. The molecule has 1 aromatic carbocycles. The summed E-state index contributed by atoms with van der Waals surface area (Å²) in [4.78, 5) is 27.1. The number of hydrogen-bond donors (Lipinski definition) is 0. The molecule has 2 rings (SSSR count). The summed E-state index contributed by atoms with van der Waals surface area (Å²) in [5, 5.41) is 0. The van der Waals surface area contributed by atoms with E-state index in [0.717, 1.165) is 37.7 Å². The van der Waals surface area contributed by atoms with Crippen LogP contribution in [0.3, 0.4) is 0 Å². The average Bonchev–Trinajstić information content (AvgIpc) is 3.18. The van der Waals surface area contributed by atoms with Crippen LogP contribution in [0.4, 0.5) is 4.79 Å². The minimum Gasteiger partial charge on any atom is -0.447 e. The maximum absolute atomic E-state index is 13.3. The summed E-state index contributed by atoms with van der Waals surface area (Å²) in [7, 11) is 0. The largest absolute Gasteiger partial charge is 0.447 e. The Hall–Kier alpha value is -2.88. The van der Waals surface area contributed by atoms with E-state index in [1.807, 2.05) is 30.3 Å². The minimum atomic E-state index is -0.525. The van der Waals surface area contributed by atoms with E-state index >= 15 is 0 Å². The number of rotatable bonds is 14. The number of nitrogens with zero attached hydrogens (tertiary/aromatic N) is 1. The van der Waals surface area contributed by atoms with Gasteiger partial charge in [0.15, 0.2) is 0 Å². The third kappa shape index (κ3) is 10.1.